The summed E-state index contributed by atoms with van der Waals surface area (Å²) in [5.74, 6) is -0.0841. The summed E-state index contributed by atoms with van der Waals surface area (Å²) in [4.78, 5) is 12.3. The van der Waals surface area contributed by atoms with Crippen LogP contribution in [0, 0.1) is 0 Å². The molecule has 1 N–H and O–H groups in total. The molecule has 20 heavy (non-hydrogen) atoms. The van der Waals surface area contributed by atoms with Crippen LogP contribution >= 0.6 is 23.2 Å². The minimum atomic E-state index is -0.262. The van der Waals surface area contributed by atoms with Gasteiger partial charge in [0.1, 0.15) is 0 Å². The van der Waals surface area contributed by atoms with Crippen molar-refractivity contribution in [2.75, 3.05) is 0 Å². The van der Waals surface area contributed by atoms with Crippen LogP contribution in [0.4, 0.5) is 0 Å². The normalized spacial score (nSPS) is 15.7. The van der Waals surface area contributed by atoms with Gasteiger partial charge in [0.2, 0.25) is 0 Å². The molecule has 1 amide bonds. The molecule has 1 fully saturated rings. The fourth-order valence-corrected chi connectivity index (χ4v) is 2.60. The van der Waals surface area contributed by atoms with E-state index in [1.807, 2.05) is 24.3 Å². The molecule has 0 atom stereocenters. The molecule has 0 radical (unpaired) electrons. The Balaban J connectivity index is 1.80. The average molecular weight is 306 g/mol. The molecule has 0 aliphatic heterocycles. The maximum Gasteiger partial charge on any atom is 0.251 e. The molecule has 0 heterocycles. The SMILES string of the molecule is O=C(NC1(c2cccc(Cl)c2)CC1)c1ccc(Cl)cc1. The van der Waals surface area contributed by atoms with Gasteiger partial charge in [0, 0.05) is 15.6 Å². The lowest BCUT2D eigenvalue weighted by atomic mass is 10.0. The molecule has 3 rings (SSSR count). The van der Waals surface area contributed by atoms with Gasteiger partial charge in [-0.05, 0) is 54.8 Å². The van der Waals surface area contributed by atoms with Gasteiger partial charge >= 0.3 is 0 Å². The van der Waals surface area contributed by atoms with Crippen LogP contribution in [0.1, 0.15) is 28.8 Å². The summed E-state index contributed by atoms with van der Waals surface area (Å²) in [7, 11) is 0. The predicted molar refractivity (Wildman–Crippen MR) is 81.3 cm³/mol. The molecule has 0 spiro atoms. The Morgan fingerprint density at radius 3 is 2.30 bits per heavy atom. The van der Waals surface area contributed by atoms with E-state index in [4.69, 9.17) is 23.2 Å². The van der Waals surface area contributed by atoms with E-state index >= 15 is 0 Å². The monoisotopic (exact) mass is 305 g/mol. The van der Waals surface area contributed by atoms with E-state index in [1.165, 1.54) is 0 Å². The molecule has 1 aliphatic carbocycles. The topological polar surface area (TPSA) is 29.1 Å². The number of hydrogen-bond acceptors (Lipinski definition) is 1. The molecular weight excluding hydrogens is 293 g/mol. The van der Waals surface area contributed by atoms with Crippen LogP contribution in [-0.2, 0) is 5.54 Å². The molecular formula is C16H13Cl2NO. The molecule has 2 aromatic carbocycles. The maximum atomic E-state index is 12.3. The lowest BCUT2D eigenvalue weighted by molar-refractivity contribution is 0.0931. The molecule has 4 heteroatoms. The van der Waals surface area contributed by atoms with Gasteiger partial charge in [-0.25, -0.2) is 0 Å². The number of rotatable bonds is 3. The van der Waals surface area contributed by atoms with Crippen molar-refractivity contribution in [1.82, 2.24) is 5.32 Å². The molecule has 1 saturated carbocycles. The van der Waals surface area contributed by atoms with Gasteiger partial charge in [0.05, 0.1) is 5.54 Å². The molecule has 0 aromatic heterocycles. The zero-order valence-electron chi connectivity index (χ0n) is 10.7. The molecule has 0 bridgehead atoms. The lowest BCUT2D eigenvalue weighted by Crippen LogP contribution is -2.34. The van der Waals surface area contributed by atoms with E-state index in [0.29, 0.717) is 15.6 Å². The Labute approximate surface area is 127 Å². The van der Waals surface area contributed by atoms with Gasteiger partial charge in [-0.3, -0.25) is 4.79 Å². The quantitative estimate of drug-likeness (QED) is 0.894. The second kappa shape index (κ2) is 5.12. The van der Waals surface area contributed by atoms with Crippen molar-refractivity contribution in [2.24, 2.45) is 0 Å². The van der Waals surface area contributed by atoms with Crippen LogP contribution in [0.5, 0.6) is 0 Å². The third-order valence-corrected chi connectivity index (χ3v) is 4.07. The highest BCUT2D eigenvalue weighted by Crippen LogP contribution is 2.46. The highest BCUT2D eigenvalue weighted by Gasteiger charge is 2.45. The van der Waals surface area contributed by atoms with Crippen molar-refractivity contribution in [3.8, 4) is 0 Å². The summed E-state index contributed by atoms with van der Waals surface area (Å²) in [6.45, 7) is 0. The minimum Gasteiger partial charge on any atom is -0.343 e. The highest BCUT2D eigenvalue weighted by atomic mass is 35.5. The first-order valence-corrected chi connectivity index (χ1v) is 7.19. The second-order valence-corrected chi connectivity index (χ2v) is 5.93. The lowest BCUT2D eigenvalue weighted by Gasteiger charge is -2.18. The summed E-state index contributed by atoms with van der Waals surface area (Å²) in [6.07, 6.45) is 1.87. The van der Waals surface area contributed by atoms with Crippen LogP contribution in [-0.4, -0.2) is 5.91 Å². The first-order valence-electron chi connectivity index (χ1n) is 6.43. The Kier molecular flexibility index (Phi) is 3.45. The van der Waals surface area contributed by atoms with Crippen LogP contribution in [0.15, 0.2) is 48.5 Å². The van der Waals surface area contributed by atoms with Gasteiger partial charge in [0.15, 0.2) is 0 Å². The molecule has 2 aromatic rings. The van der Waals surface area contributed by atoms with Gasteiger partial charge in [-0.2, -0.15) is 0 Å². The van der Waals surface area contributed by atoms with Crippen molar-refractivity contribution in [1.29, 1.82) is 0 Å². The number of amides is 1. The zero-order valence-corrected chi connectivity index (χ0v) is 12.2. The standard InChI is InChI=1S/C16H13Cl2NO/c17-13-6-4-11(5-7-13)15(20)19-16(8-9-16)12-2-1-3-14(18)10-12/h1-7,10H,8-9H2,(H,19,20). The summed E-state index contributed by atoms with van der Waals surface area (Å²) in [5, 5.41) is 4.42. The first kappa shape index (κ1) is 13.5. The van der Waals surface area contributed by atoms with Crippen LogP contribution in [0.2, 0.25) is 10.0 Å². The number of hydrogen-bond donors (Lipinski definition) is 1. The van der Waals surface area contributed by atoms with Crippen LogP contribution < -0.4 is 5.32 Å². The van der Waals surface area contributed by atoms with E-state index in [2.05, 4.69) is 5.32 Å². The van der Waals surface area contributed by atoms with Crippen molar-refractivity contribution in [3.05, 3.63) is 69.7 Å². The van der Waals surface area contributed by atoms with Crippen LogP contribution in [0.25, 0.3) is 0 Å². The number of nitrogens with one attached hydrogen (secondary N) is 1. The zero-order chi connectivity index (χ0) is 14.2. The summed E-state index contributed by atoms with van der Waals surface area (Å²) < 4.78 is 0. The largest absolute Gasteiger partial charge is 0.343 e. The van der Waals surface area contributed by atoms with E-state index in [-0.39, 0.29) is 11.4 Å². The molecule has 102 valence electrons. The smallest absolute Gasteiger partial charge is 0.251 e. The highest BCUT2D eigenvalue weighted by molar-refractivity contribution is 6.31. The molecule has 1 aliphatic rings. The van der Waals surface area contributed by atoms with E-state index in [9.17, 15) is 4.79 Å². The third-order valence-electron chi connectivity index (χ3n) is 3.59. The third kappa shape index (κ3) is 2.67. The Morgan fingerprint density at radius 1 is 1.00 bits per heavy atom. The van der Waals surface area contributed by atoms with E-state index < -0.39 is 0 Å². The summed E-state index contributed by atoms with van der Waals surface area (Å²) in [5.41, 5.74) is 1.41. The van der Waals surface area contributed by atoms with Gasteiger partial charge < -0.3 is 5.32 Å². The van der Waals surface area contributed by atoms with Gasteiger partial charge in [0.25, 0.3) is 5.91 Å². The summed E-state index contributed by atoms with van der Waals surface area (Å²) >= 11 is 11.9. The van der Waals surface area contributed by atoms with Crippen molar-refractivity contribution < 1.29 is 4.79 Å². The number of carbonyl (C=O) groups is 1. The average Bonchev–Trinajstić information content (AvgIpc) is 3.20. The molecule has 0 unspecified atom stereocenters. The molecule has 2 nitrogen and oxygen atoms in total. The minimum absolute atomic E-state index is 0.0841. The van der Waals surface area contributed by atoms with E-state index in [0.717, 1.165) is 18.4 Å². The van der Waals surface area contributed by atoms with Crippen molar-refractivity contribution in [2.45, 2.75) is 18.4 Å². The van der Waals surface area contributed by atoms with Crippen molar-refractivity contribution in [3.63, 3.8) is 0 Å². The fraction of sp³-hybridized carbons (Fsp3) is 0.188. The Hall–Kier alpha value is -1.51. The Bertz CT molecular complexity index is 648. The van der Waals surface area contributed by atoms with Crippen molar-refractivity contribution >= 4 is 29.1 Å². The van der Waals surface area contributed by atoms with E-state index in [1.54, 1.807) is 24.3 Å². The fourth-order valence-electron chi connectivity index (χ4n) is 2.29. The van der Waals surface area contributed by atoms with Crippen LogP contribution in [0.3, 0.4) is 0 Å². The molecule has 0 saturated heterocycles. The summed E-state index contributed by atoms with van der Waals surface area (Å²) in [6, 6.07) is 14.5. The maximum absolute atomic E-state index is 12.3. The Morgan fingerprint density at radius 2 is 1.70 bits per heavy atom. The second-order valence-electron chi connectivity index (χ2n) is 5.05. The first-order chi connectivity index (χ1) is 9.59. The van der Waals surface area contributed by atoms with Gasteiger partial charge in [-0.15, -0.1) is 0 Å². The number of halogens is 2. The van der Waals surface area contributed by atoms with Gasteiger partial charge in [-0.1, -0.05) is 35.3 Å². The predicted octanol–water partition coefficient (Wildman–Crippen LogP) is 4.41. The number of benzene rings is 2. The number of carbonyl (C=O) groups excluding carboxylic acids is 1.